The lowest BCUT2D eigenvalue weighted by molar-refractivity contribution is -0.138. The number of benzene rings is 2. The molecule has 2 saturated heterocycles. The van der Waals surface area contributed by atoms with Crippen LogP contribution in [-0.2, 0) is 6.54 Å². The predicted molar refractivity (Wildman–Crippen MR) is 149 cm³/mol. The van der Waals surface area contributed by atoms with E-state index in [0.29, 0.717) is 61.1 Å². The summed E-state index contributed by atoms with van der Waals surface area (Å²) >= 11 is 6.19. The number of amides is 4. The molecule has 2 aliphatic rings. The smallest absolute Gasteiger partial charge is 0.404 e. The van der Waals surface area contributed by atoms with Crippen LogP contribution in [0.15, 0.2) is 36.4 Å². The van der Waals surface area contributed by atoms with E-state index in [0.717, 1.165) is 6.07 Å². The summed E-state index contributed by atoms with van der Waals surface area (Å²) in [5, 5.41) is 16.9. The highest BCUT2D eigenvalue weighted by Gasteiger charge is 2.30. The van der Waals surface area contributed by atoms with E-state index in [1.54, 1.807) is 23.1 Å². The van der Waals surface area contributed by atoms with Gasteiger partial charge in [-0.2, -0.15) is 13.2 Å². The third-order valence-electron chi connectivity index (χ3n) is 7.16. The lowest BCUT2D eigenvalue weighted by atomic mass is 10.1. The van der Waals surface area contributed by atoms with Gasteiger partial charge >= 0.3 is 18.3 Å². The number of likely N-dealkylation sites (tertiary alicyclic amines) is 1. The highest BCUT2D eigenvalue weighted by atomic mass is 35.5. The molecular weight excluding hydrogens is 584 g/mol. The summed E-state index contributed by atoms with van der Waals surface area (Å²) in [5.74, 6) is -1.50. The number of anilines is 2. The van der Waals surface area contributed by atoms with Crippen molar-refractivity contribution in [3.63, 3.8) is 0 Å². The standard InChI is InChI=1S/C27H31ClF4N6O4/c28-18-2-4-22(23(14-18)37-11-9-36(10-12-37)8-6-27(30,31)32)35-24(39)20-3-1-17(13-21(20)29)15-33-25(40)38-7-5-19(16-38)34-26(41)42/h1-4,13-14,19,34H,5-12,15-16H2,(H,33,40)(H,35,39)(H,41,42). The number of urea groups is 1. The molecule has 0 spiro atoms. The molecule has 42 heavy (non-hydrogen) atoms. The molecule has 0 saturated carbocycles. The third kappa shape index (κ3) is 8.61. The fourth-order valence-corrected chi connectivity index (χ4v) is 5.10. The zero-order valence-electron chi connectivity index (χ0n) is 22.5. The van der Waals surface area contributed by atoms with Crippen molar-refractivity contribution in [3.05, 3.63) is 58.4 Å². The van der Waals surface area contributed by atoms with Crippen LogP contribution >= 0.6 is 11.6 Å². The summed E-state index contributed by atoms with van der Waals surface area (Å²) in [5.41, 5.74) is 1.16. The summed E-state index contributed by atoms with van der Waals surface area (Å²) in [4.78, 5) is 41.3. The van der Waals surface area contributed by atoms with Gasteiger partial charge in [-0.05, 0) is 42.3 Å². The average molecular weight is 615 g/mol. The quantitative estimate of drug-likeness (QED) is 0.329. The van der Waals surface area contributed by atoms with Gasteiger partial charge in [-0.25, -0.2) is 14.0 Å². The fraction of sp³-hybridized carbons (Fsp3) is 0.444. The third-order valence-corrected chi connectivity index (χ3v) is 7.39. The molecule has 4 amide bonds. The van der Waals surface area contributed by atoms with Crippen LogP contribution in [0.2, 0.25) is 5.02 Å². The molecule has 0 aliphatic carbocycles. The van der Waals surface area contributed by atoms with E-state index in [-0.39, 0.29) is 31.2 Å². The Labute approximate surface area is 244 Å². The van der Waals surface area contributed by atoms with E-state index in [1.165, 1.54) is 17.0 Å². The second-order valence-electron chi connectivity index (χ2n) is 10.2. The molecule has 1 atom stereocenters. The number of halogens is 5. The van der Waals surface area contributed by atoms with Gasteiger partial charge in [-0.1, -0.05) is 17.7 Å². The van der Waals surface area contributed by atoms with Gasteiger partial charge in [0, 0.05) is 57.4 Å². The van der Waals surface area contributed by atoms with Gasteiger partial charge in [0.25, 0.3) is 5.91 Å². The van der Waals surface area contributed by atoms with Crippen molar-refractivity contribution in [2.75, 3.05) is 56.0 Å². The Morgan fingerprint density at radius 1 is 1.02 bits per heavy atom. The SMILES string of the molecule is O=C(O)NC1CCN(C(=O)NCc2ccc(C(=O)Nc3ccc(Cl)cc3N3CCN(CCC(F)(F)F)CC3)c(F)c2)C1. The molecule has 2 aromatic carbocycles. The number of nitrogens with zero attached hydrogens (tertiary/aromatic N) is 3. The highest BCUT2D eigenvalue weighted by Crippen LogP contribution is 2.31. The van der Waals surface area contributed by atoms with Crippen molar-refractivity contribution >= 4 is 41.0 Å². The maximum absolute atomic E-state index is 15.0. The predicted octanol–water partition coefficient (Wildman–Crippen LogP) is 4.36. The van der Waals surface area contributed by atoms with Crippen LogP contribution in [0.3, 0.4) is 0 Å². The minimum Gasteiger partial charge on any atom is -0.465 e. The van der Waals surface area contributed by atoms with Crippen LogP contribution in [0.1, 0.15) is 28.8 Å². The Morgan fingerprint density at radius 2 is 1.76 bits per heavy atom. The van der Waals surface area contributed by atoms with Gasteiger partial charge in [-0.3, -0.25) is 9.69 Å². The molecule has 4 N–H and O–H groups in total. The van der Waals surface area contributed by atoms with E-state index in [9.17, 15) is 31.9 Å². The second-order valence-corrected chi connectivity index (χ2v) is 10.6. The second kappa shape index (κ2) is 13.5. The highest BCUT2D eigenvalue weighted by molar-refractivity contribution is 6.31. The lowest BCUT2D eigenvalue weighted by Gasteiger charge is -2.37. The van der Waals surface area contributed by atoms with Crippen molar-refractivity contribution in [2.45, 2.75) is 31.6 Å². The lowest BCUT2D eigenvalue weighted by Crippen LogP contribution is -2.47. The van der Waals surface area contributed by atoms with Gasteiger partial charge in [0.2, 0.25) is 0 Å². The summed E-state index contributed by atoms with van der Waals surface area (Å²) in [6, 6.07) is 8.01. The van der Waals surface area contributed by atoms with Crippen LogP contribution in [0.5, 0.6) is 0 Å². The van der Waals surface area contributed by atoms with E-state index >= 15 is 0 Å². The fourth-order valence-electron chi connectivity index (χ4n) is 4.94. The van der Waals surface area contributed by atoms with Crippen LogP contribution in [0, 0.1) is 5.82 Å². The zero-order chi connectivity index (χ0) is 30.4. The Morgan fingerprint density at radius 3 is 2.43 bits per heavy atom. The molecule has 1 unspecified atom stereocenters. The number of nitrogens with one attached hydrogen (secondary N) is 3. The first-order valence-electron chi connectivity index (χ1n) is 13.3. The first-order valence-corrected chi connectivity index (χ1v) is 13.7. The number of carboxylic acid groups (broad SMARTS) is 1. The van der Waals surface area contributed by atoms with Gasteiger partial charge < -0.3 is 30.9 Å². The monoisotopic (exact) mass is 614 g/mol. The molecule has 0 radical (unpaired) electrons. The van der Waals surface area contributed by atoms with E-state index in [2.05, 4.69) is 16.0 Å². The van der Waals surface area contributed by atoms with E-state index in [1.807, 2.05) is 4.90 Å². The maximum Gasteiger partial charge on any atom is 0.404 e. The normalized spacial score (nSPS) is 17.7. The minimum atomic E-state index is -4.22. The number of carbonyl (C=O) groups excluding carboxylic acids is 2. The van der Waals surface area contributed by atoms with Crippen LogP contribution in [-0.4, -0.2) is 91.0 Å². The molecule has 2 heterocycles. The molecule has 0 aromatic heterocycles. The largest absolute Gasteiger partial charge is 0.465 e. The van der Waals surface area contributed by atoms with Crippen LogP contribution < -0.4 is 20.9 Å². The first-order chi connectivity index (χ1) is 19.9. The Bertz CT molecular complexity index is 1310. The maximum atomic E-state index is 15.0. The van der Waals surface area contributed by atoms with Crippen LogP contribution in [0.25, 0.3) is 0 Å². The molecule has 2 aromatic rings. The topological polar surface area (TPSA) is 117 Å². The summed E-state index contributed by atoms with van der Waals surface area (Å²) in [7, 11) is 0. The molecule has 0 bridgehead atoms. The Balaban J connectivity index is 1.34. The van der Waals surface area contributed by atoms with Gasteiger partial charge in [0.1, 0.15) is 5.82 Å². The number of hydrogen-bond donors (Lipinski definition) is 4. The number of piperazine rings is 1. The Kier molecular flexibility index (Phi) is 9.99. The molecule has 10 nitrogen and oxygen atoms in total. The van der Waals surface area contributed by atoms with Gasteiger partial charge in [-0.15, -0.1) is 0 Å². The molecule has 228 valence electrons. The molecule has 4 rings (SSSR count). The van der Waals surface area contributed by atoms with E-state index in [4.69, 9.17) is 16.7 Å². The molecular formula is C27H31ClF4N6O4. The number of alkyl halides is 3. The number of rotatable bonds is 8. The molecule has 2 fully saturated rings. The first kappa shape index (κ1) is 31.2. The van der Waals surface area contributed by atoms with Crippen molar-refractivity contribution in [2.24, 2.45) is 0 Å². The summed E-state index contributed by atoms with van der Waals surface area (Å²) in [6.45, 7) is 2.17. The van der Waals surface area contributed by atoms with Crippen molar-refractivity contribution in [1.29, 1.82) is 0 Å². The summed E-state index contributed by atoms with van der Waals surface area (Å²) < 4.78 is 52.7. The van der Waals surface area contributed by atoms with E-state index < -0.39 is 36.4 Å². The van der Waals surface area contributed by atoms with Gasteiger partial charge in [0.05, 0.1) is 29.4 Å². The average Bonchev–Trinajstić information content (AvgIpc) is 3.39. The van der Waals surface area contributed by atoms with Crippen molar-refractivity contribution in [1.82, 2.24) is 20.4 Å². The van der Waals surface area contributed by atoms with Crippen LogP contribution in [0.4, 0.5) is 38.5 Å². The van der Waals surface area contributed by atoms with Gasteiger partial charge in [0.15, 0.2) is 0 Å². The summed E-state index contributed by atoms with van der Waals surface area (Å²) in [6.07, 6.45) is -5.77. The Hall–Kier alpha value is -3.78. The molecule has 2 aliphatic heterocycles. The number of hydrogen-bond acceptors (Lipinski definition) is 5. The minimum absolute atomic E-state index is 0.00145. The van der Waals surface area contributed by atoms with Crippen molar-refractivity contribution in [3.8, 4) is 0 Å². The van der Waals surface area contributed by atoms with Crippen molar-refractivity contribution < 1.29 is 37.1 Å². The zero-order valence-corrected chi connectivity index (χ0v) is 23.3. The molecule has 15 heteroatoms. The number of carbonyl (C=O) groups is 3.